The zero-order valence-corrected chi connectivity index (χ0v) is 6.85. The molecule has 0 aromatic carbocycles. The van der Waals surface area contributed by atoms with E-state index in [1.165, 1.54) is 0 Å². The standard InChI is InChI=1S/C7H16N2O/c1-5(9-3)7(4-8)6(2)10/h5,7,9H,4,8H2,1-3H3/t5-,7-/m0/s1. The van der Waals surface area contributed by atoms with Gasteiger partial charge in [-0.1, -0.05) is 0 Å². The van der Waals surface area contributed by atoms with Gasteiger partial charge in [0.25, 0.3) is 0 Å². The average molecular weight is 144 g/mol. The van der Waals surface area contributed by atoms with Crippen LogP contribution >= 0.6 is 0 Å². The second kappa shape index (κ2) is 4.41. The third kappa shape index (κ3) is 2.45. The van der Waals surface area contributed by atoms with Crippen LogP contribution in [0.4, 0.5) is 0 Å². The molecule has 3 heteroatoms. The van der Waals surface area contributed by atoms with E-state index in [2.05, 4.69) is 5.32 Å². The van der Waals surface area contributed by atoms with Crippen molar-refractivity contribution in [1.29, 1.82) is 0 Å². The van der Waals surface area contributed by atoms with Crippen molar-refractivity contribution < 1.29 is 4.79 Å². The molecule has 0 aliphatic carbocycles. The highest BCUT2D eigenvalue weighted by Crippen LogP contribution is 2.01. The van der Waals surface area contributed by atoms with Crippen molar-refractivity contribution in [2.45, 2.75) is 19.9 Å². The lowest BCUT2D eigenvalue weighted by molar-refractivity contribution is -0.121. The summed E-state index contributed by atoms with van der Waals surface area (Å²) in [5.74, 6) is 0.120. The predicted molar refractivity (Wildman–Crippen MR) is 41.7 cm³/mol. The Balaban J connectivity index is 3.92. The molecule has 0 aliphatic rings. The van der Waals surface area contributed by atoms with Gasteiger partial charge in [-0.2, -0.15) is 0 Å². The van der Waals surface area contributed by atoms with Gasteiger partial charge in [0.05, 0.1) is 0 Å². The van der Waals surface area contributed by atoms with Gasteiger partial charge in [0, 0.05) is 18.5 Å². The van der Waals surface area contributed by atoms with Crippen LogP contribution < -0.4 is 11.1 Å². The van der Waals surface area contributed by atoms with Crippen LogP contribution in [0.2, 0.25) is 0 Å². The molecule has 0 bridgehead atoms. The molecule has 3 nitrogen and oxygen atoms in total. The highest BCUT2D eigenvalue weighted by atomic mass is 16.1. The number of nitrogens with two attached hydrogens (primary N) is 1. The van der Waals surface area contributed by atoms with E-state index >= 15 is 0 Å². The maximum atomic E-state index is 10.9. The predicted octanol–water partition coefficient (Wildman–Crippen LogP) is -0.242. The van der Waals surface area contributed by atoms with E-state index in [-0.39, 0.29) is 17.7 Å². The highest BCUT2D eigenvalue weighted by molar-refractivity contribution is 5.79. The maximum absolute atomic E-state index is 10.9. The molecule has 0 aromatic heterocycles. The van der Waals surface area contributed by atoms with E-state index in [0.717, 1.165) is 0 Å². The van der Waals surface area contributed by atoms with Crippen LogP contribution in [-0.2, 0) is 4.79 Å². The number of nitrogens with one attached hydrogen (secondary N) is 1. The molecule has 0 fully saturated rings. The van der Waals surface area contributed by atoms with Crippen molar-refractivity contribution in [3.63, 3.8) is 0 Å². The van der Waals surface area contributed by atoms with Crippen molar-refractivity contribution in [1.82, 2.24) is 5.32 Å². The summed E-state index contributed by atoms with van der Waals surface area (Å²) in [4.78, 5) is 10.9. The molecule has 3 N–H and O–H groups in total. The molecular formula is C7H16N2O. The maximum Gasteiger partial charge on any atom is 0.135 e. The van der Waals surface area contributed by atoms with Gasteiger partial charge in [-0.3, -0.25) is 4.79 Å². The van der Waals surface area contributed by atoms with E-state index in [9.17, 15) is 4.79 Å². The lowest BCUT2D eigenvalue weighted by Crippen LogP contribution is -2.39. The lowest BCUT2D eigenvalue weighted by Gasteiger charge is -2.18. The number of hydrogen-bond acceptors (Lipinski definition) is 3. The number of carbonyl (C=O) groups excluding carboxylic acids is 1. The van der Waals surface area contributed by atoms with Crippen LogP contribution in [0.5, 0.6) is 0 Å². The number of ketones is 1. The van der Waals surface area contributed by atoms with Gasteiger partial charge in [-0.05, 0) is 20.9 Å². The Labute approximate surface area is 62.0 Å². The summed E-state index contributed by atoms with van der Waals surface area (Å²) in [5, 5.41) is 3.00. The minimum atomic E-state index is -0.0370. The van der Waals surface area contributed by atoms with Crippen LogP contribution in [0.1, 0.15) is 13.8 Å². The smallest absolute Gasteiger partial charge is 0.135 e. The molecule has 0 spiro atoms. The topological polar surface area (TPSA) is 55.1 Å². The Hall–Kier alpha value is -0.410. The third-order valence-electron chi connectivity index (χ3n) is 1.83. The minimum Gasteiger partial charge on any atom is -0.330 e. The molecule has 0 heterocycles. The molecule has 0 radical (unpaired) electrons. The van der Waals surface area contributed by atoms with Gasteiger partial charge in [0.15, 0.2) is 0 Å². The Morgan fingerprint density at radius 3 is 2.30 bits per heavy atom. The summed E-state index contributed by atoms with van der Waals surface area (Å²) < 4.78 is 0. The average Bonchev–Trinajstić information content (AvgIpc) is 1.88. The summed E-state index contributed by atoms with van der Waals surface area (Å²) in [6.45, 7) is 3.96. The van der Waals surface area contributed by atoms with Gasteiger partial charge in [0.2, 0.25) is 0 Å². The number of rotatable bonds is 4. The normalized spacial score (nSPS) is 16.4. The fraction of sp³-hybridized carbons (Fsp3) is 0.857. The fourth-order valence-corrected chi connectivity index (χ4v) is 0.923. The van der Waals surface area contributed by atoms with Crippen molar-refractivity contribution in [2.75, 3.05) is 13.6 Å². The van der Waals surface area contributed by atoms with E-state index in [1.54, 1.807) is 6.92 Å². The summed E-state index contributed by atoms with van der Waals surface area (Å²) in [6, 6.07) is 0.183. The van der Waals surface area contributed by atoms with Crippen LogP contribution in [0, 0.1) is 5.92 Å². The van der Waals surface area contributed by atoms with Gasteiger partial charge >= 0.3 is 0 Å². The first kappa shape index (κ1) is 9.59. The molecule has 0 aromatic rings. The largest absolute Gasteiger partial charge is 0.330 e. The molecule has 2 atom stereocenters. The molecule has 0 rings (SSSR count). The second-order valence-electron chi connectivity index (χ2n) is 2.53. The van der Waals surface area contributed by atoms with Crippen LogP contribution in [0.25, 0.3) is 0 Å². The zero-order chi connectivity index (χ0) is 8.15. The SMILES string of the molecule is CN[C@@H](C)[C@H](CN)C(C)=O. The number of Topliss-reactive ketones (excluding diaryl/α,β-unsaturated/α-hetero) is 1. The molecule has 0 aliphatic heterocycles. The Kier molecular flexibility index (Phi) is 4.23. The molecule has 0 unspecified atom stereocenters. The fourth-order valence-electron chi connectivity index (χ4n) is 0.923. The molecule has 10 heavy (non-hydrogen) atoms. The van der Waals surface area contributed by atoms with Crippen LogP contribution in [0.15, 0.2) is 0 Å². The van der Waals surface area contributed by atoms with Crippen LogP contribution in [0.3, 0.4) is 0 Å². The third-order valence-corrected chi connectivity index (χ3v) is 1.83. The summed E-state index contributed by atoms with van der Waals surface area (Å²) in [5.41, 5.74) is 5.39. The quantitative estimate of drug-likeness (QED) is 0.572. The van der Waals surface area contributed by atoms with E-state index in [0.29, 0.717) is 6.54 Å². The Morgan fingerprint density at radius 1 is 1.70 bits per heavy atom. The zero-order valence-electron chi connectivity index (χ0n) is 6.85. The van der Waals surface area contributed by atoms with Crippen molar-refractivity contribution in [3.8, 4) is 0 Å². The number of hydrogen-bond donors (Lipinski definition) is 2. The Morgan fingerprint density at radius 2 is 2.20 bits per heavy atom. The molecular weight excluding hydrogens is 128 g/mol. The van der Waals surface area contributed by atoms with Gasteiger partial charge in [-0.25, -0.2) is 0 Å². The Bertz CT molecular complexity index is 114. The van der Waals surface area contributed by atoms with Crippen molar-refractivity contribution in [3.05, 3.63) is 0 Å². The van der Waals surface area contributed by atoms with E-state index < -0.39 is 0 Å². The molecule has 0 amide bonds. The monoisotopic (exact) mass is 144 g/mol. The molecule has 60 valence electrons. The van der Waals surface area contributed by atoms with E-state index in [4.69, 9.17) is 5.73 Å². The van der Waals surface area contributed by atoms with Crippen LogP contribution in [-0.4, -0.2) is 25.4 Å². The van der Waals surface area contributed by atoms with Gasteiger partial charge in [-0.15, -0.1) is 0 Å². The number of carbonyl (C=O) groups is 1. The summed E-state index contributed by atoms with van der Waals surface area (Å²) in [7, 11) is 1.83. The van der Waals surface area contributed by atoms with Crippen molar-refractivity contribution in [2.24, 2.45) is 11.7 Å². The molecule has 0 saturated heterocycles. The minimum absolute atomic E-state index is 0.0370. The lowest BCUT2D eigenvalue weighted by atomic mass is 9.98. The highest BCUT2D eigenvalue weighted by Gasteiger charge is 2.17. The first-order chi connectivity index (χ1) is 4.63. The summed E-state index contributed by atoms with van der Waals surface area (Å²) in [6.07, 6.45) is 0. The first-order valence-corrected chi connectivity index (χ1v) is 3.51. The first-order valence-electron chi connectivity index (χ1n) is 3.51. The van der Waals surface area contributed by atoms with Gasteiger partial charge < -0.3 is 11.1 Å². The van der Waals surface area contributed by atoms with E-state index in [1.807, 2.05) is 14.0 Å². The van der Waals surface area contributed by atoms with Crippen molar-refractivity contribution >= 4 is 5.78 Å². The molecule has 0 saturated carbocycles. The second-order valence-corrected chi connectivity index (χ2v) is 2.53. The summed E-state index contributed by atoms with van der Waals surface area (Å²) >= 11 is 0. The van der Waals surface area contributed by atoms with Gasteiger partial charge in [0.1, 0.15) is 5.78 Å².